The van der Waals surface area contributed by atoms with Crippen LogP contribution in [0.2, 0.25) is 0 Å². The minimum atomic E-state index is -0.379. The van der Waals surface area contributed by atoms with Crippen molar-refractivity contribution in [2.45, 2.75) is 26.5 Å². The van der Waals surface area contributed by atoms with E-state index in [1.807, 2.05) is 26.0 Å². The van der Waals surface area contributed by atoms with Crippen LogP contribution in [0, 0.1) is 5.82 Å². The Kier molecular flexibility index (Phi) is 11.2. The van der Waals surface area contributed by atoms with Crippen molar-refractivity contribution in [1.29, 1.82) is 0 Å². The van der Waals surface area contributed by atoms with Crippen LogP contribution in [0.15, 0.2) is 53.5 Å². The van der Waals surface area contributed by atoms with Gasteiger partial charge in [-0.3, -0.25) is 4.79 Å². The van der Waals surface area contributed by atoms with Gasteiger partial charge in [0.05, 0.1) is 13.1 Å². The summed E-state index contributed by atoms with van der Waals surface area (Å²) in [4.78, 5) is 18.1. The van der Waals surface area contributed by atoms with Gasteiger partial charge in [-0.2, -0.15) is 0 Å². The highest BCUT2D eigenvalue weighted by Crippen LogP contribution is 2.16. The van der Waals surface area contributed by atoms with E-state index in [1.54, 1.807) is 49.3 Å². The highest BCUT2D eigenvalue weighted by molar-refractivity contribution is 14.0. The number of carbonyl (C=O) groups excluding carboxylic acids is 1. The smallest absolute Gasteiger partial charge is 0.253 e. The van der Waals surface area contributed by atoms with Gasteiger partial charge in [-0.15, -0.1) is 24.0 Å². The molecule has 0 fully saturated rings. The van der Waals surface area contributed by atoms with Crippen molar-refractivity contribution in [2.24, 2.45) is 4.99 Å². The highest BCUT2D eigenvalue weighted by Gasteiger charge is 2.09. The van der Waals surface area contributed by atoms with Gasteiger partial charge >= 0.3 is 0 Å². The van der Waals surface area contributed by atoms with E-state index in [2.05, 4.69) is 15.6 Å². The van der Waals surface area contributed by atoms with Crippen LogP contribution in [0.25, 0.3) is 0 Å². The molecule has 0 aliphatic carbocycles. The molecule has 2 rings (SSSR count). The average molecular weight is 528 g/mol. The number of amides is 1. The van der Waals surface area contributed by atoms with E-state index in [1.165, 1.54) is 6.07 Å². The van der Waals surface area contributed by atoms with E-state index >= 15 is 0 Å². The van der Waals surface area contributed by atoms with Crippen molar-refractivity contribution in [3.63, 3.8) is 0 Å². The average Bonchev–Trinajstić information content (AvgIpc) is 2.71. The monoisotopic (exact) mass is 528 g/mol. The number of hydrogen-bond acceptors (Lipinski definition) is 3. The number of nitrogens with zero attached hydrogens (tertiary/aromatic N) is 2. The van der Waals surface area contributed by atoms with E-state index in [4.69, 9.17) is 4.74 Å². The van der Waals surface area contributed by atoms with E-state index in [9.17, 15) is 9.18 Å². The Bertz CT molecular complexity index is 828. The molecule has 0 aliphatic rings. The molecule has 1 atom stereocenters. The molecule has 0 aromatic heterocycles. The molecule has 0 spiro atoms. The molecule has 0 radical (unpaired) electrons. The molecule has 0 bridgehead atoms. The Morgan fingerprint density at radius 2 is 1.80 bits per heavy atom. The third kappa shape index (κ3) is 8.17. The van der Waals surface area contributed by atoms with Crippen LogP contribution in [-0.2, 0) is 6.54 Å². The lowest BCUT2D eigenvalue weighted by Gasteiger charge is -2.18. The summed E-state index contributed by atoms with van der Waals surface area (Å²) in [6, 6.07) is 13.7. The van der Waals surface area contributed by atoms with Gasteiger partial charge in [0.25, 0.3) is 5.91 Å². The quantitative estimate of drug-likeness (QED) is 0.312. The third-order valence-electron chi connectivity index (χ3n) is 4.09. The van der Waals surface area contributed by atoms with Crippen LogP contribution in [-0.4, -0.2) is 50.1 Å². The van der Waals surface area contributed by atoms with E-state index < -0.39 is 0 Å². The van der Waals surface area contributed by atoms with Gasteiger partial charge in [0.1, 0.15) is 6.10 Å². The zero-order valence-electron chi connectivity index (χ0n) is 17.8. The summed E-state index contributed by atoms with van der Waals surface area (Å²) >= 11 is 0. The molecule has 164 valence electrons. The number of nitrogens with one attached hydrogen (secondary N) is 2. The predicted octanol–water partition coefficient (Wildman–Crippen LogP) is 3.67. The molecule has 2 aromatic rings. The SMILES string of the molecule is CCNC(=NCc1ccc(C(=O)N(C)C)cc1)NCC(C)Oc1ccccc1F.I. The maximum absolute atomic E-state index is 13.7. The summed E-state index contributed by atoms with van der Waals surface area (Å²) in [5, 5.41) is 6.38. The second kappa shape index (κ2) is 13.0. The number of rotatable bonds is 8. The summed E-state index contributed by atoms with van der Waals surface area (Å²) < 4.78 is 19.3. The molecule has 1 unspecified atom stereocenters. The van der Waals surface area contributed by atoms with Crippen molar-refractivity contribution in [3.05, 3.63) is 65.5 Å². The Balaban J connectivity index is 0.00000450. The summed E-state index contributed by atoms with van der Waals surface area (Å²) in [5.41, 5.74) is 1.64. The Morgan fingerprint density at radius 3 is 2.40 bits per heavy atom. The Morgan fingerprint density at radius 1 is 1.13 bits per heavy atom. The molecule has 0 saturated heterocycles. The molecular weight excluding hydrogens is 498 g/mol. The molecule has 0 aliphatic heterocycles. The van der Waals surface area contributed by atoms with Crippen LogP contribution in [0.1, 0.15) is 29.8 Å². The van der Waals surface area contributed by atoms with Gasteiger partial charge in [-0.1, -0.05) is 24.3 Å². The molecule has 8 heteroatoms. The molecule has 2 N–H and O–H groups in total. The number of benzene rings is 2. The topological polar surface area (TPSA) is 66.0 Å². The molecule has 2 aromatic carbocycles. The molecular formula is C22H30FIN4O2. The van der Waals surface area contributed by atoms with Crippen LogP contribution >= 0.6 is 24.0 Å². The number of halogens is 2. The molecule has 0 heterocycles. The van der Waals surface area contributed by atoms with Crippen LogP contribution in [0.5, 0.6) is 5.75 Å². The lowest BCUT2D eigenvalue weighted by molar-refractivity contribution is 0.0827. The molecule has 1 amide bonds. The number of aliphatic imine (C=N–C) groups is 1. The number of guanidine groups is 1. The largest absolute Gasteiger partial charge is 0.486 e. The summed E-state index contributed by atoms with van der Waals surface area (Å²) in [7, 11) is 3.46. The van der Waals surface area contributed by atoms with Crippen molar-refractivity contribution >= 4 is 35.8 Å². The summed E-state index contributed by atoms with van der Waals surface area (Å²) in [5.74, 6) is 0.469. The third-order valence-corrected chi connectivity index (χ3v) is 4.09. The molecule has 30 heavy (non-hydrogen) atoms. The van der Waals surface area contributed by atoms with Crippen molar-refractivity contribution in [3.8, 4) is 5.75 Å². The zero-order valence-corrected chi connectivity index (χ0v) is 20.1. The first-order valence-corrected chi connectivity index (χ1v) is 9.64. The first-order chi connectivity index (χ1) is 13.9. The van der Waals surface area contributed by atoms with Gasteiger partial charge in [0.15, 0.2) is 17.5 Å². The van der Waals surface area contributed by atoms with Gasteiger partial charge in [0.2, 0.25) is 0 Å². The van der Waals surface area contributed by atoms with E-state index in [0.717, 1.165) is 5.56 Å². The van der Waals surface area contributed by atoms with E-state index in [-0.39, 0.29) is 47.6 Å². The predicted molar refractivity (Wildman–Crippen MR) is 129 cm³/mol. The maximum atomic E-state index is 13.7. The van der Waals surface area contributed by atoms with Crippen LogP contribution < -0.4 is 15.4 Å². The number of para-hydroxylation sites is 1. The Hall–Kier alpha value is -2.36. The second-order valence-corrected chi connectivity index (χ2v) is 6.83. The molecule has 0 saturated carbocycles. The number of ether oxygens (including phenoxy) is 1. The van der Waals surface area contributed by atoms with Gasteiger partial charge in [0, 0.05) is 26.2 Å². The fraction of sp³-hybridized carbons (Fsp3) is 0.364. The first kappa shape index (κ1) is 25.7. The minimum Gasteiger partial charge on any atom is -0.486 e. The summed E-state index contributed by atoms with van der Waals surface area (Å²) in [6.07, 6.45) is -0.243. The maximum Gasteiger partial charge on any atom is 0.253 e. The number of hydrogen-bond donors (Lipinski definition) is 2. The fourth-order valence-electron chi connectivity index (χ4n) is 2.56. The summed E-state index contributed by atoms with van der Waals surface area (Å²) in [6.45, 7) is 5.50. The van der Waals surface area contributed by atoms with Crippen LogP contribution in [0.3, 0.4) is 0 Å². The lowest BCUT2D eigenvalue weighted by atomic mass is 10.1. The number of carbonyl (C=O) groups is 1. The van der Waals surface area contributed by atoms with Crippen LogP contribution in [0.4, 0.5) is 4.39 Å². The van der Waals surface area contributed by atoms with Gasteiger partial charge in [-0.25, -0.2) is 9.38 Å². The normalized spacial score (nSPS) is 11.8. The zero-order chi connectivity index (χ0) is 21.2. The fourth-order valence-corrected chi connectivity index (χ4v) is 2.56. The van der Waals surface area contributed by atoms with Crippen molar-refractivity contribution in [2.75, 3.05) is 27.2 Å². The van der Waals surface area contributed by atoms with Crippen molar-refractivity contribution in [1.82, 2.24) is 15.5 Å². The lowest BCUT2D eigenvalue weighted by Crippen LogP contribution is -2.41. The standard InChI is InChI=1S/C22H29FN4O2.HI/c1-5-24-22(25-14-16(2)29-20-9-7-6-8-19(20)23)26-15-17-10-12-18(13-11-17)21(28)27(3)4;/h6-13,16H,5,14-15H2,1-4H3,(H2,24,25,26);1H. The Labute approximate surface area is 194 Å². The van der Waals surface area contributed by atoms with E-state index in [0.29, 0.717) is 31.2 Å². The van der Waals surface area contributed by atoms with Gasteiger partial charge in [-0.05, 0) is 43.7 Å². The van der Waals surface area contributed by atoms with Crippen molar-refractivity contribution < 1.29 is 13.9 Å². The minimum absolute atomic E-state index is 0. The first-order valence-electron chi connectivity index (χ1n) is 9.64. The molecule has 6 nitrogen and oxygen atoms in total. The highest BCUT2D eigenvalue weighted by atomic mass is 127. The second-order valence-electron chi connectivity index (χ2n) is 6.83. The van der Waals surface area contributed by atoms with Gasteiger partial charge < -0.3 is 20.3 Å².